The summed E-state index contributed by atoms with van der Waals surface area (Å²) in [6.45, 7) is 17.8. The highest BCUT2D eigenvalue weighted by Crippen LogP contribution is 2.88. The Kier molecular flexibility index (Phi) is 6.06. The maximum atomic E-state index is 14.0. The fourth-order valence-corrected chi connectivity index (χ4v) is 11.3. The molecule has 2 spiro atoms. The smallest absolute Gasteiger partial charge is 0.302 e. The maximum absolute atomic E-state index is 14.0. The summed E-state index contributed by atoms with van der Waals surface area (Å²) in [5.74, 6) is -0.365. The Balaban J connectivity index is 1.39. The molecular weight excluding hydrogens is 520 g/mol. The van der Waals surface area contributed by atoms with Crippen molar-refractivity contribution in [3.05, 3.63) is 11.6 Å². The molecule has 0 aromatic heterocycles. The number of Topliss-reactive ketones (excluding diaryl/α,β-unsaturated/α-hetero) is 2. The number of epoxide rings is 1. The molecule has 0 radical (unpaired) electrons. The van der Waals surface area contributed by atoms with Gasteiger partial charge in [0.05, 0.1) is 5.60 Å². The van der Waals surface area contributed by atoms with Crippen LogP contribution in [0.4, 0.5) is 0 Å². The van der Waals surface area contributed by atoms with Crippen molar-refractivity contribution in [2.24, 2.45) is 44.8 Å². The molecule has 6 rings (SSSR count). The van der Waals surface area contributed by atoms with Crippen molar-refractivity contribution in [3.8, 4) is 0 Å². The van der Waals surface area contributed by atoms with Crippen LogP contribution in [0, 0.1) is 44.8 Å². The first-order valence-electron chi connectivity index (χ1n) is 15.7. The van der Waals surface area contributed by atoms with Gasteiger partial charge in [-0.05, 0) is 68.6 Å². The minimum absolute atomic E-state index is 0.0424. The van der Waals surface area contributed by atoms with Crippen LogP contribution in [0.1, 0.15) is 107 Å². The molecule has 5 fully saturated rings. The van der Waals surface area contributed by atoms with Crippen LogP contribution in [0.25, 0.3) is 0 Å². The largest absolute Gasteiger partial charge is 0.462 e. The second-order valence-electron chi connectivity index (χ2n) is 16.1. The van der Waals surface area contributed by atoms with Crippen molar-refractivity contribution in [2.45, 2.75) is 131 Å². The number of hydrogen-bond acceptors (Lipinski definition) is 7. The van der Waals surface area contributed by atoms with E-state index in [-0.39, 0.29) is 81.2 Å². The Bertz CT molecular complexity index is 1260. The lowest BCUT2D eigenvalue weighted by molar-refractivity contribution is -0.176. The zero-order chi connectivity index (χ0) is 30.1. The van der Waals surface area contributed by atoms with Gasteiger partial charge in [-0.15, -0.1) is 0 Å². The molecule has 0 aromatic carbocycles. The van der Waals surface area contributed by atoms with Crippen molar-refractivity contribution in [3.63, 3.8) is 0 Å². The first-order chi connectivity index (χ1) is 18.9. The summed E-state index contributed by atoms with van der Waals surface area (Å²) in [6.07, 6.45) is 6.43. The van der Waals surface area contributed by atoms with Crippen LogP contribution in [0.3, 0.4) is 0 Å². The number of hydrogen-bond donors (Lipinski definition) is 0. The number of esters is 2. The van der Waals surface area contributed by atoms with Crippen LogP contribution in [0.15, 0.2) is 11.6 Å². The summed E-state index contributed by atoms with van der Waals surface area (Å²) in [5.41, 5.74) is -0.485. The summed E-state index contributed by atoms with van der Waals surface area (Å²) in [4.78, 5) is 51.7. The second kappa shape index (κ2) is 8.54. The van der Waals surface area contributed by atoms with Crippen LogP contribution in [0.2, 0.25) is 0 Å². The van der Waals surface area contributed by atoms with E-state index in [0.29, 0.717) is 19.3 Å². The van der Waals surface area contributed by atoms with E-state index in [1.54, 1.807) is 0 Å². The van der Waals surface area contributed by atoms with E-state index >= 15 is 0 Å². The van der Waals surface area contributed by atoms with E-state index in [0.717, 1.165) is 25.7 Å². The predicted molar refractivity (Wildman–Crippen MR) is 151 cm³/mol. The van der Waals surface area contributed by atoms with E-state index < -0.39 is 11.0 Å². The average Bonchev–Trinajstić information content (AvgIpc) is 3.67. The maximum Gasteiger partial charge on any atom is 0.302 e. The lowest BCUT2D eigenvalue weighted by Gasteiger charge is -2.61. The van der Waals surface area contributed by atoms with Crippen molar-refractivity contribution in [1.29, 1.82) is 0 Å². The summed E-state index contributed by atoms with van der Waals surface area (Å²) in [7, 11) is 0. The second-order valence-corrected chi connectivity index (χ2v) is 16.1. The third-order valence-electron chi connectivity index (χ3n) is 13.2. The van der Waals surface area contributed by atoms with E-state index in [1.807, 2.05) is 20.8 Å². The molecule has 1 saturated heterocycles. The first-order valence-corrected chi connectivity index (χ1v) is 15.7. The molecule has 10 atom stereocenters. The van der Waals surface area contributed by atoms with Gasteiger partial charge in [-0.2, -0.15) is 0 Å². The van der Waals surface area contributed by atoms with Crippen LogP contribution in [0.5, 0.6) is 0 Å². The van der Waals surface area contributed by atoms with Gasteiger partial charge in [-0.3, -0.25) is 19.2 Å². The highest BCUT2D eigenvalue weighted by molar-refractivity contribution is 5.90. The van der Waals surface area contributed by atoms with Gasteiger partial charge in [-0.25, -0.2) is 0 Å². The molecule has 1 heterocycles. The molecule has 0 amide bonds. The normalized spacial score (nSPS) is 47.0. The molecule has 226 valence electrons. The molecule has 1 aliphatic heterocycles. The van der Waals surface area contributed by atoms with Crippen LogP contribution < -0.4 is 0 Å². The van der Waals surface area contributed by atoms with Crippen molar-refractivity contribution >= 4 is 23.5 Å². The summed E-state index contributed by atoms with van der Waals surface area (Å²) < 4.78 is 17.8. The predicted octanol–water partition coefficient (Wildman–Crippen LogP) is 5.77. The lowest BCUT2D eigenvalue weighted by atomic mass is 9.44. The Morgan fingerprint density at radius 2 is 1.63 bits per heavy atom. The van der Waals surface area contributed by atoms with Crippen LogP contribution >= 0.6 is 0 Å². The SMILES string of the molecule is CC(=O)O[C@H]1CC[C@]23C[C@@]24C(=CCC3C1(C)C)[C@]1(C)CC(=O)[C@H]([C@H](C)CC(=O)[C@@H]2OC2(C)C)[C@@]1(C)C[C@@H]4OC(C)=O. The molecule has 7 nitrogen and oxygen atoms in total. The number of fused-ring (bicyclic) bond motifs is 2. The number of ketones is 2. The molecule has 4 saturated carbocycles. The molecule has 1 unspecified atom stereocenters. The minimum Gasteiger partial charge on any atom is -0.462 e. The summed E-state index contributed by atoms with van der Waals surface area (Å²) in [5, 5.41) is 0. The Labute approximate surface area is 244 Å². The molecule has 6 aliphatic rings. The minimum atomic E-state index is -0.442. The molecule has 0 N–H and O–H groups in total. The first kappa shape index (κ1) is 29.1. The Morgan fingerprint density at radius 1 is 1.02 bits per heavy atom. The number of carbonyl (C=O) groups excluding carboxylic acids is 4. The van der Waals surface area contributed by atoms with Gasteiger partial charge < -0.3 is 14.2 Å². The van der Waals surface area contributed by atoms with Crippen LogP contribution in [-0.4, -0.2) is 47.4 Å². The lowest BCUT2D eigenvalue weighted by Crippen LogP contribution is -2.59. The van der Waals surface area contributed by atoms with E-state index in [1.165, 1.54) is 19.4 Å². The van der Waals surface area contributed by atoms with E-state index in [9.17, 15) is 19.2 Å². The van der Waals surface area contributed by atoms with Gasteiger partial charge in [0, 0.05) is 48.9 Å². The number of rotatable bonds is 6. The third-order valence-corrected chi connectivity index (χ3v) is 13.2. The third kappa shape index (κ3) is 3.66. The molecule has 5 aliphatic carbocycles. The fourth-order valence-electron chi connectivity index (χ4n) is 11.3. The van der Waals surface area contributed by atoms with Gasteiger partial charge in [-0.1, -0.05) is 46.3 Å². The summed E-state index contributed by atoms with van der Waals surface area (Å²) in [6, 6.07) is 0. The van der Waals surface area contributed by atoms with Gasteiger partial charge in [0.25, 0.3) is 0 Å². The monoisotopic (exact) mass is 568 g/mol. The van der Waals surface area contributed by atoms with E-state index in [2.05, 4.69) is 33.8 Å². The molecule has 41 heavy (non-hydrogen) atoms. The van der Waals surface area contributed by atoms with Gasteiger partial charge >= 0.3 is 11.9 Å². The highest BCUT2D eigenvalue weighted by Gasteiger charge is 2.85. The molecular formula is C34H48O7. The Hall–Kier alpha value is -2.02. The number of ether oxygens (including phenoxy) is 3. The zero-order valence-corrected chi connectivity index (χ0v) is 26.3. The fraction of sp³-hybridized carbons (Fsp3) is 0.824. The Morgan fingerprint density at radius 3 is 2.22 bits per heavy atom. The molecule has 0 aromatic rings. The van der Waals surface area contributed by atoms with Gasteiger partial charge in [0.15, 0.2) is 5.78 Å². The quantitative estimate of drug-likeness (QED) is 0.228. The summed E-state index contributed by atoms with van der Waals surface area (Å²) >= 11 is 0. The average molecular weight is 569 g/mol. The van der Waals surface area contributed by atoms with E-state index in [4.69, 9.17) is 14.2 Å². The van der Waals surface area contributed by atoms with Crippen molar-refractivity contribution < 1.29 is 33.4 Å². The van der Waals surface area contributed by atoms with Crippen molar-refractivity contribution in [2.75, 3.05) is 0 Å². The van der Waals surface area contributed by atoms with Gasteiger partial charge in [0.2, 0.25) is 0 Å². The van der Waals surface area contributed by atoms with Crippen molar-refractivity contribution in [1.82, 2.24) is 0 Å². The highest BCUT2D eigenvalue weighted by atomic mass is 16.6. The van der Waals surface area contributed by atoms with Gasteiger partial charge in [0.1, 0.15) is 24.1 Å². The topological polar surface area (TPSA) is 99.3 Å². The zero-order valence-electron chi connectivity index (χ0n) is 26.3. The number of allylic oxidation sites excluding steroid dienone is 1. The van der Waals surface area contributed by atoms with Crippen LogP contribution in [-0.2, 0) is 33.4 Å². The molecule has 7 heteroatoms. The standard InChI is InChI=1S/C34H48O7/c1-18(14-21(37)28-30(6,7)41-28)27-22(38)15-31(8)24-11-10-23-29(4,5)25(39-19(2)35)12-13-33(23)17-34(24,33)26(40-20(3)36)16-32(27,31)9/h11,18,23,25-28H,10,12-17H2,1-9H3/t18-,23?,25+,26+,27+,28+,31+,32-,33-,34+/m1/s1. The molecule has 0 bridgehead atoms. The number of carbonyl (C=O) groups is 4.